The Morgan fingerprint density at radius 3 is 2.52 bits per heavy atom. The fraction of sp³-hybridized carbons (Fsp3) is 0.235. The van der Waals surface area contributed by atoms with Gasteiger partial charge in [-0.1, -0.05) is 46.6 Å². The van der Waals surface area contributed by atoms with Crippen LogP contribution >= 0.6 is 27.5 Å². The molecule has 0 aromatic heterocycles. The van der Waals surface area contributed by atoms with E-state index in [1.807, 2.05) is 25.1 Å². The molecule has 0 aliphatic carbocycles. The van der Waals surface area contributed by atoms with Crippen LogP contribution in [0, 0.1) is 0 Å². The van der Waals surface area contributed by atoms with E-state index in [2.05, 4.69) is 21.2 Å². The van der Waals surface area contributed by atoms with Gasteiger partial charge in [0, 0.05) is 4.47 Å². The van der Waals surface area contributed by atoms with Crippen molar-refractivity contribution in [3.8, 4) is 11.5 Å². The van der Waals surface area contributed by atoms with Gasteiger partial charge in [-0.15, -0.1) is 0 Å². The average molecular weight is 399 g/mol. The zero-order valence-electron chi connectivity index (χ0n) is 12.6. The third kappa shape index (κ3) is 5.44. The van der Waals surface area contributed by atoms with Crippen LogP contribution in [0.25, 0.3) is 0 Å². The maximum atomic E-state index is 12.0. The van der Waals surface area contributed by atoms with Gasteiger partial charge in [-0.25, -0.2) is 0 Å². The van der Waals surface area contributed by atoms with Gasteiger partial charge in [0.25, 0.3) is 5.91 Å². The van der Waals surface area contributed by atoms with E-state index >= 15 is 0 Å². The summed E-state index contributed by atoms with van der Waals surface area (Å²) >= 11 is 9.38. The quantitative estimate of drug-likeness (QED) is 0.721. The van der Waals surface area contributed by atoms with E-state index in [-0.39, 0.29) is 12.5 Å². The summed E-state index contributed by atoms with van der Waals surface area (Å²) in [5, 5.41) is 3.17. The third-order valence-corrected chi connectivity index (χ3v) is 3.68. The van der Waals surface area contributed by atoms with Crippen LogP contribution in [0.5, 0.6) is 11.5 Å². The number of ether oxygens (including phenoxy) is 2. The number of carbonyl (C=O) groups excluding carboxylic acids is 1. The number of anilines is 1. The van der Waals surface area contributed by atoms with Crippen molar-refractivity contribution in [2.45, 2.75) is 13.3 Å². The molecular formula is C17H17BrClNO3. The summed E-state index contributed by atoms with van der Waals surface area (Å²) in [6, 6.07) is 12.5. The average Bonchev–Trinajstić information content (AvgIpc) is 2.54. The summed E-state index contributed by atoms with van der Waals surface area (Å²) < 4.78 is 12.0. The minimum absolute atomic E-state index is 0.126. The Morgan fingerprint density at radius 2 is 1.87 bits per heavy atom. The topological polar surface area (TPSA) is 47.6 Å². The van der Waals surface area contributed by atoms with Crippen LogP contribution < -0.4 is 14.8 Å². The zero-order chi connectivity index (χ0) is 16.7. The largest absolute Gasteiger partial charge is 0.490 e. The lowest BCUT2D eigenvalue weighted by molar-refractivity contribution is -0.118. The van der Waals surface area contributed by atoms with Crippen molar-refractivity contribution < 1.29 is 14.3 Å². The van der Waals surface area contributed by atoms with Gasteiger partial charge in [0.05, 0.1) is 17.3 Å². The van der Waals surface area contributed by atoms with Crippen molar-refractivity contribution >= 4 is 39.1 Å². The summed E-state index contributed by atoms with van der Waals surface area (Å²) in [5.41, 5.74) is 0.541. The summed E-state index contributed by atoms with van der Waals surface area (Å²) in [6.07, 6.45) is 0.900. The maximum Gasteiger partial charge on any atom is 0.262 e. The number of halogens is 2. The van der Waals surface area contributed by atoms with Gasteiger partial charge < -0.3 is 14.8 Å². The molecule has 0 saturated heterocycles. The highest BCUT2D eigenvalue weighted by Gasteiger charge is 2.09. The predicted molar refractivity (Wildman–Crippen MR) is 95.5 cm³/mol. The Bertz CT molecular complexity index is 679. The van der Waals surface area contributed by atoms with Crippen molar-refractivity contribution in [2.75, 3.05) is 18.5 Å². The van der Waals surface area contributed by atoms with Gasteiger partial charge in [0.2, 0.25) is 0 Å². The fourth-order valence-electron chi connectivity index (χ4n) is 1.82. The molecule has 0 saturated carbocycles. The standard InChI is InChI=1S/C17H17BrClNO3/c1-2-9-22-15-5-3-4-6-16(15)23-11-17(21)20-14-8-7-12(18)10-13(14)19/h3-8,10H,2,9,11H2,1H3,(H,20,21). The van der Waals surface area contributed by atoms with E-state index in [0.29, 0.717) is 28.8 Å². The van der Waals surface area contributed by atoms with Crippen LogP contribution in [0.2, 0.25) is 5.02 Å². The number of nitrogens with one attached hydrogen (secondary N) is 1. The van der Waals surface area contributed by atoms with Crippen LogP contribution in [0.1, 0.15) is 13.3 Å². The number of para-hydroxylation sites is 2. The Kier molecular flexibility index (Phi) is 6.74. The minimum Gasteiger partial charge on any atom is -0.490 e. The molecule has 0 aliphatic rings. The second-order valence-corrected chi connectivity index (χ2v) is 6.08. The number of hydrogen-bond donors (Lipinski definition) is 1. The smallest absolute Gasteiger partial charge is 0.262 e. The molecule has 2 aromatic carbocycles. The van der Waals surface area contributed by atoms with Crippen LogP contribution in [-0.2, 0) is 4.79 Å². The highest BCUT2D eigenvalue weighted by atomic mass is 79.9. The molecule has 2 aromatic rings. The number of hydrogen-bond acceptors (Lipinski definition) is 3. The second-order valence-electron chi connectivity index (χ2n) is 4.76. The molecule has 0 spiro atoms. The Balaban J connectivity index is 1.94. The van der Waals surface area contributed by atoms with Crippen molar-refractivity contribution in [3.05, 3.63) is 52.0 Å². The van der Waals surface area contributed by atoms with E-state index in [0.717, 1.165) is 10.9 Å². The van der Waals surface area contributed by atoms with Gasteiger partial charge in [-0.3, -0.25) is 4.79 Å². The number of benzene rings is 2. The first-order valence-corrected chi connectivity index (χ1v) is 8.36. The molecule has 1 amide bonds. The summed E-state index contributed by atoms with van der Waals surface area (Å²) in [7, 11) is 0. The highest BCUT2D eigenvalue weighted by Crippen LogP contribution is 2.27. The van der Waals surface area contributed by atoms with Crippen molar-refractivity contribution in [3.63, 3.8) is 0 Å². The van der Waals surface area contributed by atoms with Crippen LogP contribution in [0.4, 0.5) is 5.69 Å². The van der Waals surface area contributed by atoms with Gasteiger partial charge >= 0.3 is 0 Å². The summed E-state index contributed by atoms with van der Waals surface area (Å²) in [6.45, 7) is 2.50. The molecule has 6 heteroatoms. The first kappa shape index (κ1) is 17.6. The van der Waals surface area contributed by atoms with E-state index in [9.17, 15) is 4.79 Å². The third-order valence-electron chi connectivity index (χ3n) is 2.87. The van der Waals surface area contributed by atoms with Crippen LogP contribution in [0.15, 0.2) is 46.9 Å². The lowest BCUT2D eigenvalue weighted by atomic mass is 10.3. The highest BCUT2D eigenvalue weighted by molar-refractivity contribution is 9.10. The summed E-state index contributed by atoms with van der Waals surface area (Å²) in [4.78, 5) is 12.0. The SMILES string of the molecule is CCCOc1ccccc1OCC(=O)Nc1ccc(Br)cc1Cl. The molecule has 122 valence electrons. The molecular weight excluding hydrogens is 382 g/mol. The van der Waals surface area contributed by atoms with E-state index in [1.165, 1.54) is 0 Å². The van der Waals surface area contributed by atoms with Crippen molar-refractivity contribution in [1.82, 2.24) is 0 Å². The fourth-order valence-corrected chi connectivity index (χ4v) is 2.54. The van der Waals surface area contributed by atoms with E-state index in [1.54, 1.807) is 24.3 Å². The molecule has 0 atom stereocenters. The molecule has 0 bridgehead atoms. The van der Waals surface area contributed by atoms with Crippen LogP contribution in [0.3, 0.4) is 0 Å². The van der Waals surface area contributed by atoms with E-state index in [4.69, 9.17) is 21.1 Å². The lowest BCUT2D eigenvalue weighted by Crippen LogP contribution is -2.20. The Morgan fingerprint density at radius 1 is 1.17 bits per heavy atom. The molecule has 4 nitrogen and oxygen atoms in total. The van der Waals surface area contributed by atoms with Gasteiger partial charge in [-0.05, 0) is 36.8 Å². The monoisotopic (exact) mass is 397 g/mol. The first-order valence-electron chi connectivity index (χ1n) is 7.19. The van der Waals surface area contributed by atoms with Gasteiger partial charge in [0.15, 0.2) is 18.1 Å². The number of amides is 1. The van der Waals surface area contributed by atoms with Crippen molar-refractivity contribution in [1.29, 1.82) is 0 Å². The molecule has 0 unspecified atom stereocenters. The predicted octanol–water partition coefficient (Wildman–Crippen LogP) is 4.91. The zero-order valence-corrected chi connectivity index (χ0v) is 15.0. The second kappa shape index (κ2) is 8.79. The normalized spacial score (nSPS) is 10.2. The minimum atomic E-state index is -0.292. The van der Waals surface area contributed by atoms with Gasteiger partial charge in [-0.2, -0.15) is 0 Å². The Labute approximate surface area is 148 Å². The molecule has 0 radical (unpaired) electrons. The van der Waals surface area contributed by atoms with Gasteiger partial charge in [0.1, 0.15) is 0 Å². The van der Waals surface area contributed by atoms with Crippen molar-refractivity contribution in [2.24, 2.45) is 0 Å². The molecule has 23 heavy (non-hydrogen) atoms. The number of carbonyl (C=O) groups is 1. The lowest BCUT2D eigenvalue weighted by Gasteiger charge is -2.12. The number of rotatable bonds is 7. The van der Waals surface area contributed by atoms with E-state index < -0.39 is 0 Å². The molecule has 2 rings (SSSR count). The maximum absolute atomic E-state index is 12.0. The molecule has 0 fully saturated rings. The van der Waals surface area contributed by atoms with Crippen LogP contribution in [-0.4, -0.2) is 19.1 Å². The molecule has 1 N–H and O–H groups in total. The Hall–Kier alpha value is -1.72. The first-order chi connectivity index (χ1) is 11.1. The summed E-state index contributed by atoms with van der Waals surface area (Å²) in [5.74, 6) is 0.876. The molecule has 0 heterocycles. The molecule has 0 aliphatic heterocycles.